The van der Waals surface area contributed by atoms with Crippen molar-refractivity contribution < 1.29 is 23.1 Å². The normalized spacial score (nSPS) is 14.0. The molecule has 0 bridgehead atoms. The van der Waals surface area contributed by atoms with Gasteiger partial charge in [-0.25, -0.2) is 0 Å². The first-order valence-corrected chi connectivity index (χ1v) is 5.39. The van der Waals surface area contributed by atoms with Gasteiger partial charge in [0.1, 0.15) is 11.6 Å². The van der Waals surface area contributed by atoms with Gasteiger partial charge in [-0.2, -0.15) is 0 Å². The van der Waals surface area contributed by atoms with E-state index >= 15 is 0 Å². The van der Waals surface area contributed by atoms with Crippen LogP contribution in [0.3, 0.4) is 0 Å². The Balaban J connectivity index is 2.67. The molecule has 0 amide bonds. The highest BCUT2D eigenvalue weighted by atomic mass is 19.4. The minimum atomic E-state index is -4.72. The van der Waals surface area contributed by atoms with Crippen LogP contribution in [0.25, 0.3) is 0 Å². The van der Waals surface area contributed by atoms with E-state index in [2.05, 4.69) is 15.2 Å². The summed E-state index contributed by atoms with van der Waals surface area (Å²) in [6.45, 7) is 1.75. The number of nitrogens with one attached hydrogen (secondary N) is 1. The lowest BCUT2D eigenvalue weighted by Crippen LogP contribution is -2.24. The number of halogens is 3. The number of alkyl halides is 3. The van der Waals surface area contributed by atoms with Crippen molar-refractivity contribution in [3.8, 4) is 5.75 Å². The van der Waals surface area contributed by atoms with Crippen LogP contribution in [-0.2, 0) is 0 Å². The number of benzene rings is 1. The van der Waals surface area contributed by atoms with Crippen molar-refractivity contribution in [1.82, 2.24) is 0 Å². The van der Waals surface area contributed by atoms with Gasteiger partial charge in [0.15, 0.2) is 0 Å². The van der Waals surface area contributed by atoms with E-state index in [1.807, 2.05) is 0 Å². The van der Waals surface area contributed by atoms with Crippen molar-refractivity contribution in [2.75, 3.05) is 5.32 Å². The maximum atomic E-state index is 12.1. The van der Waals surface area contributed by atoms with Crippen LogP contribution in [0.2, 0.25) is 0 Å². The van der Waals surface area contributed by atoms with Crippen molar-refractivity contribution in [2.24, 2.45) is 10.9 Å². The van der Waals surface area contributed by atoms with Crippen molar-refractivity contribution in [2.45, 2.75) is 25.7 Å². The lowest BCUT2D eigenvalue weighted by molar-refractivity contribution is -0.274. The monoisotopic (exact) mass is 277 g/mol. The Hall–Kier alpha value is -2.12. The van der Waals surface area contributed by atoms with E-state index in [0.29, 0.717) is 5.69 Å². The first-order chi connectivity index (χ1) is 8.80. The van der Waals surface area contributed by atoms with Crippen LogP contribution in [0, 0.1) is 0 Å². The third-order valence-corrected chi connectivity index (χ3v) is 2.12. The smallest absolute Gasteiger partial charge is 0.409 e. The summed E-state index contributed by atoms with van der Waals surface area (Å²) in [5, 5.41) is 14.1. The van der Waals surface area contributed by atoms with Gasteiger partial charge in [-0.1, -0.05) is 11.2 Å². The average Bonchev–Trinajstić information content (AvgIpc) is 2.26. The van der Waals surface area contributed by atoms with Crippen LogP contribution in [0.5, 0.6) is 5.75 Å². The van der Waals surface area contributed by atoms with Crippen LogP contribution in [0.15, 0.2) is 29.4 Å². The predicted molar refractivity (Wildman–Crippen MR) is 64.2 cm³/mol. The summed E-state index contributed by atoms with van der Waals surface area (Å²) in [6.07, 6.45) is -4.47. The van der Waals surface area contributed by atoms with Gasteiger partial charge in [-0.15, -0.1) is 13.2 Å². The Bertz CT molecular complexity index is 449. The Morgan fingerprint density at radius 3 is 2.79 bits per heavy atom. The minimum Gasteiger partial charge on any atom is -0.409 e. The number of hydrogen-bond acceptors (Lipinski definition) is 4. The van der Waals surface area contributed by atoms with E-state index in [-0.39, 0.29) is 24.0 Å². The lowest BCUT2D eigenvalue weighted by Gasteiger charge is -2.15. The summed E-state index contributed by atoms with van der Waals surface area (Å²) in [5.74, 6) is -0.281. The molecule has 106 valence electrons. The number of rotatable bonds is 5. The highest BCUT2D eigenvalue weighted by molar-refractivity contribution is 5.80. The molecule has 19 heavy (non-hydrogen) atoms. The molecule has 0 saturated carbocycles. The fraction of sp³-hybridized carbons (Fsp3) is 0.364. The number of anilines is 1. The molecule has 0 aliphatic carbocycles. The first-order valence-electron chi connectivity index (χ1n) is 5.39. The molecule has 1 unspecified atom stereocenters. The highest BCUT2D eigenvalue weighted by Gasteiger charge is 2.31. The summed E-state index contributed by atoms with van der Waals surface area (Å²) < 4.78 is 39.9. The number of nitrogens with two attached hydrogens (primary N) is 1. The van der Waals surface area contributed by atoms with E-state index in [1.165, 1.54) is 18.2 Å². The Kier molecular flexibility index (Phi) is 4.85. The Morgan fingerprint density at radius 1 is 1.53 bits per heavy atom. The molecule has 0 aliphatic rings. The summed E-state index contributed by atoms with van der Waals surface area (Å²) in [7, 11) is 0. The van der Waals surface area contributed by atoms with Crippen LogP contribution < -0.4 is 15.8 Å². The van der Waals surface area contributed by atoms with Gasteiger partial charge in [-0.3, -0.25) is 0 Å². The number of nitrogens with zero attached hydrogens (tertiary/aromatic N) is 1. The fourth-order valence-electron chi connectivity index (χ4n) is 1.47. The zero-order valence-electron chi connectivity index (χ0n) is 10.1. The number of amidine groups is 1. The molecule has 0 fully saturated rings. The number of ether oxygens (including phenoxy) is 1. The van der Waals surface area contributed by atoms with Crippen LogP contribution in [0.4, 0.5) is 18.9 Å². The number of oxime groups is 1. The van der Waals surface area contributed by atoms with Crippen molar-refractivity contribution in [1.29, 1.82) is 0 Å². The van der Waals surface area contributed by atoms with Crippen LogP contribution in [-0.4, -0.2) is 23.4 Å². The third kappa shape index (κ3) is 5.84. The van der Waals surface area contributed by atoms with Crippen molar-refractivity contribution in [3.05, 3.63) is 24.3 Å². The van der Waals surface area contributed by atoms with E-state index < -0.39 is 6.36 Å². The van der Waals surface area contributed by atoms with E-state index in [1.54, 1.807) is 13.0 Å². The number of hydrogen-bond donors (Lipinski definition) is 3. The molecule has 0 aliphatic heterocycles. The molecule has 4 N–H and O–H groups in total. The van der Waals surface area contributed by atoms with E-state index in [9.17, 15) is 13.2 Å². The van der Waals surface area contributed by atoms with Crippen molar-refractivity contribution in [3.63, 3.8) is 0 Å². The van der Waals surface area contributed by atoms with Gasteiger partial charge in [-0.05, 0) is 19.1 Å². The molecule has 1 aromatic carbocycles. The largest absolute Gasteiger partial charge is 0.573 e. The second-order valence-electron chi connectivity index (χ2n) is 3.92. The van der Waals surface area contributed by atoms with E-state index in [0.717, 1.165) is 0 Å². The van der Waals surface area contributed by atoms with Crippen LogP contribution in [0.1, 0.15) is 13.3 Å². The molecule has 1 rings (SSSR count). The lowest BCUT2D eigenvalue weighted by atomic mass is 10.2. The molecular formula is C11H14F3N3O2. The van der Waals surface area contributed by atoms with Crippen LogP contribution >= 0.6 is 0 Å². The van der Waals surface area contributed by atoms with Gasteiger partial charge in [0.05, 0.1) is 0 Å². The topological polar surface area (TPSA) is 79.9 Å². The maximum Gasteiger partial charge on any atom is 0.573 e. The predicted octanol–water partition coefficient (Wildman–Crippen LogP) is 2.52. The summed E-state index contributed by atoms with van der Waals surface area (Å²) >= 11 is 0. The summed E-state index contributed by atoms with van der Waals surface area (Å²) in [6, 6.07) is 5.23. The molecule has 8 heteroatoms. The summed E-state index contributed by atoms with van der Waals surface area (Å²) in [4.78, 5) is 0. The van der Waals surface area contributed by atoms with Gasteiger partial charge < -0.3 is 21.0 Å². The molecule has 5 nitrogen and oxygen atoms in total. The zero-order chi connectivity index (χ0) is 14.5. The van der Waals surface area contributed by atoms with Crippen molar-refractivity contribution >= 4 is 11.5 Å². The third-order valence-electron chi connectivity index (χ3n) is 2.12. The van der Waals surface area contributed by atoms with Gasteiger partial charge in [0.2, 0.25) is 0 Å². The molecule has 0 radical (unpaired) electrons. The molecule has 0 heterocycles. The quantitative estimate of drug-likeness (QED) is 0.334. The molecule has 1 aromatic rings. The fourth-order valence-corrected chi connectivity index (χ4v) is 1.47. The average molecular weight is 277 g/mol. The highest BCUT2D eigenvalue weighted by Crippen LogP contribution is 2.25. The zero-order valence-corrected chi connectivity index (χ0v) is 10.1. The van der Waals surface area contributed by atoms with E-state index in [4.69, 9.17) is 10.9 Å². The molecule has 0 spiro atoms. The molecular weight excluding hydrogens is 263 g/mol. The molecule has 0 aromatic heterocycles. The SMILES string of the molecule is CC(CC(N)=NO)Nc1cccc(OC(F)(F)F)c1. The van der Waals surface area contributed by atoms with Gasteiger partial charge in [0, 0.05) is 24.2 Å². The first kappa shape index (κ1) is 14.9. The Morgan fingerprint density at radius 2 is 2.21 bits per heavy atom. The van der Waals surface area contributed by atoms with Gasteiger partial charge in [0.25, 0.3) is 0 Å². The Labute approximate surface area is 107 Å². The molecule has 1 atom stereocenters. The molecule has 0 saturated heterocycles. The standard InChI is InChI=1S/C11H14F3N3O2/c1-7(5-10(15)17-18)16-8-3-2-4-9(6-8)19-11(12,13)14/h2-4,6-7,16,18H,5H2,1H3,(H2,15,17). The second-order valence-corrected chi connectivity index (χ2v) is 3.92. The second kappa shape index (κ2) is 6.17. The summed E-state index contributed by atoms with van der Waals surface area (Å²) in [5.41, 5.74) is 5.77. The minimum absolute atomic E-state index is 0.0303. The van der Waals surface area contributed by atoms with Gasteiger partial charge >= 0.3 is 6.36 Å². The maximum absolute atomic E-state index is 12.1.